The molecule has 0 heterocycles. The average Bonchev–Trinajstić information content (AvgIpc) is 1.97. The molecule has 0 saturated heterocycles. The van der Waals surface area contributed by atoms with Gasteiger partial charge in [-0.25, -0.2) is 4.79 Å². The summed E-state index contributed by atoms with van der Waals surface area (Å²) in [5.41, 5.74) is -0.783. The summed E-state index contributed by atoms with van der Waals surface area (Å²) in [5, 5.41) is 0. The van der Waals surface area contributed by atoms with E-state index in [1.54, 1.807) is 27.7 Å². The molecule has 0 rings (SSSR count). The summed E-state index contributed by atoms with van der Waals surface area (Å²) in [6.07, 6.45) is -4.87. The first-order valence-electron chi connectivity index (χ1n) is 5.10. The van der Waals surface area contributed by atoms with E-state index in [1.807, 2.05) is 0 Å². The van der Waals surface area contributed by atoms with Crippen LogP contribution in [0.4, 0.5) is 18.0 Å². The van der Waals surface area contributed by atoms with Gasteiger partial charge in [0.2, 0.25) is 0 Å². The summed E-state index contributed by atoms with van der Waals surface area (Å²) in [5.74, 6) is 0. The largest absolute Gasteiger partial charge is 0.444 e. The van der Waals surface area contributed by atoms with E-state index in [-0.39, 0.29) is 6.54 Å². The normalized spacial score (nSPS) is 12.4. The molecule has 0 fully saturated rings. The SMILES string of the molecule is CCCN(CC(F)(F)F)C(=O)OC(C)(C)C. The van der Waals surface area contributed by atoms with Gasteiger partial charge in [0.1, 0.15) is 12.1 Å². The van der Waals surface area contributed by atoms with Crippen LogP contribution >= 0.6 is 0 Å². The molecule has 0 unspecified atom stereocenters. The van der Waals surface area contributed by atoms with Crippen molar-refractivity contribution in [3.8, 4) is 0 Å². The molecular formula is C10H18F3NO2. The lowest BCUT2D eigenvalue weighted by Crippen LogP contribution is -2.42. The van der Waals surface area contributed by atoms with Gasteiger partial charge in [0.05, 0.1) is 0 Å². The molecule has 0 bridgehead atoms. The van der Waals surface area contributed by atoms with E-state index >= 15 is 0 Å². The number of halogens is 3. The number of nitrogens with zero attached hydrogens (tertiary/aromatic N) is 1. The Labute approximate surface area is 93.6 Å². The molecule has 0 atom stereocenters. The molecule has 0 saturated carbocycles. The van der Waals surface area contributed by atoms with Crippen molar-refractivity contribution in [1.82, 2.24) is 4.90 Å². The summed E-state index contributed by atoms with van der Waals surface area (Å²) >= 11 is 0. The van der Waals surface area contributed by atoms with Crippen LogP contribution in [0.5, 0.6) is 0 Å². The number of ether oxygens (including phenoxy) is 1. The van der Waals surface area contributed by atoms with E-state index in [0.29, 0.717) is 11.3 Å². The smallest absolute Gasteiger partial charge is 0.410 e. The summed E-state index contributed by atoms with van der Waals surface area (Å²) in [6.45, 7) is 5.31. The maximum absolute atomic E-state index is 12.2. The highest BCUT2D eigenvalue weighted by molar-refractivity contribution is 5.68. The van der Waals surface area contributed by atoms with Crippen LogP contribution in [-0.2, 0) is 4.74 Å². The van der Waals surface area contributed by atoms with Crippen molar-refractivity contribution in [2.24, 2.45) is 0 Å². The van der Waals surface area contributed by atoms with Gasteiger partial charge in [-0.1, -0.05) is 6.92 Å². The Bertz CT molecular complexity index is 233. The minimum atomic E-state index is -4.40. The van der Waals surface area contributed by atoms with Crippen LogP contribution in [-0.4, -0.2) is 35.9 Å². The fourth-order valence-corrected chi connectivity index (χ4v) is 1.05. The lowest BCUT2D eigenvalue weighted by atomic mass is 10.2. The van der Waals surface area contributed by atoms with Crippen LogP contribution in [0.1, 0.15) is 34.1 Å². The highest BCUT2D eigenvalue weighted by atomic mass is 19.4. The van der Waals surface area contributed by atoms with E-state index < -0.39 is 24.4 Å². The maximum atomic E-state index is 12.2. The fourth-order valence-electron chi connectivity index (χ4n) is 1.05. The predicted molar refractivity (Wildman–Crippen MR) is 54.2 cm³/mol. The summed E-state index contributed by atoms with van der Waals surface area (Å²) in [4.78, 5) is 12.1. The van der Waals surface area contributed by atoms with Crippen molar-refractivity contribution in [2.45, 2.75) is 45.9 Å². The van der Waals surface area contributed by atoms with E-state index in [1.165, 1.54) is 0 Å². The molecule has 0 radical (unpaired) electrons. The molecule has 0 spiro atoms. The Morgan fingerprint density at radius 1 is 1.25 bits per heavy atom. The number of amides is 1. The second kappa shape index (κ2) is 5.41. The Balaban J connectivity index is 4.47. The molecule has 0 aromatic carbocycles. The molecule has 6 heteroatoms. The average molecular weight is 241 g/mol. The molecular weight excluding hydrogens is 223 g/mol. The molecule has 0 aliphatic rings. The van der Waals surface area contributed by atoms with Crippen molar-refractivity contribution in [3.05, 3.63) is 0 Å². The van der Waals surface area contributed by atoms with E-state index in [9.17, 15) is 18.0 Å². The molecule has 1 amide bonds. The molecule has 0 aromatic heterocycles. The van der Waals surface area contributed by atoms with Gasteiger partial charge in [0, 0.05) is 6.54 Å². The maximum Gasteiger partial charge on any atom is 0.410 e. The lowest BCUT2D eigenvalue weighted by molar-refractivity contribution is -0.144. The number of hydrogen-bond acceptors (Lipinski definition) is 2. The zero-order valence-corrected chi connectivity index (χ0v) is 10.0. The predicted octanol–water partition coefficient (Wildman–Crippen LogP) is 3.20. The third-order valence-electron chi connectivity index (χ3n) is 1.52. The number of alkyl halides is 3. The molecule has 0 aromatic rings. The topological polar surface area (TPSA) is 29.5 Å². The van der Waals surface area contributed by atoms with E-state index in [4.69, 9.17) is 4.74 Å². The molecule has 0 N–H and O–H groups in total. The standard InChI is InChI=1S/C10H18F3NO2/c1-5-6-14(7-10(11,12)13)8(15)16-9(2,3)4/h5-7H2,1-4H3. The van der Waals surface area contributed by atoms with Crippen LogP contribution in [0.25, 0.3) is 0 Å². The first-order chi connectivity index (χ1) is 7.05. The Hall–Kier alpha value is -0.940. The quantitative estimate of drug-likeness (QED) is 0.759. The summed E-state index contributed by atoms with van der Waals surface area (Å²) in [7, 11) is 0. The highest BCUT2D eigenvalue weighted by Gasteiger charge is 2.34. The number of carbonyl (C=O) groups is 1. The second-order valence-electron chi connectivity index (χ2n) is 4.52. The van der Waals surface area contributed by atoms with Crippen LogP contribution in [0.3, 0.4) is 0 Å². The van der Waals surface area contributed by atoms with Gasteiger partial charge in [-0.2, -0.15) is 13.2 Å². The summed E-state index contributed by atoms with van der Waals surface area (Å²) in [6, 6.07) is 0. The summed E-state index contributed by atoms with van der Waals surface area (Å²) < 4.78 is 41.4. The third kappa shape index (κ3) is 7.36. The molecule has 16 heavy (non-hydrogen) atoms. The van der Waals surface area contributed by atoms with Crippen LogP contribution in [0.15, 0.2) is 0 Å². The zero-order valence-electron chi connectivity index (χ0n) is 10.0. The van der Waals surface area contributed by atoms with Crippen molar-refractivity contribution < 1.29 is 22.7 Å². The molecule has 96 valence electrons. The van der Waals surface area contributed by atoms with E-state index in [0.717, 1.165) is 0 Å². The van der Waals surface area contributed by atoms with Gasteiger partial charge in [0.15, 0.2) is 0 Å². The Morgan fingerprint density at radius 3 is 2.06 bits per heavy atom. The van der Waals surface area contributed by atoms with Crippen molar-refractivity contribution in [2.75, 3.05) is 13.1 Å². The van der Waals surface area contributed by atoms with Crippen LogP contribution < -0.4 is 0 Å². The highest BCUT2D eigenvalue weighted by Crippen LogP contribution is 2.18. The molecule has 0 aliphatic heterocycles. The van der Waals surface area contributed by atoms with Crippen LogP contribution in [0.2, 0.25) is 0 Å². The van der Waals surface area contributed by atoms with Gasteiger partial charge >= 0.3 is 12.3 Å². The van der Waals surface area contributed by atoms with Gasteiger partial charge in [0.25, 0.3) is 0 Å². The monoisotopic (exact) mass is 241 g/mol. The first-order valence-corrected chi connectivity index (χ1v) is 5.10. The van der Waals surface area contributed by atoms with Crippen molar-refractivity contribution in [3.63, 3.8) is 0 Å². The fraction of sp³-hybridized carbons (Fsp3) is 0.900. The minimum absolute atomic E-state index is 0.0361. The number of hydrogen-bond donors (Lipinski definition) is 0. The second-order valence-corrected chi connectivity index (χ2v) is 4.52. The zero-order chi connectivity index (χ0) is 13.0. The van der Waals surface area contributed by atoms with Crippen molar-refractivity contribution >= 4 is 6.09 Å². The van der Waals surface area contributed by atoms with Gasteiger partial charge < -0.3 is 4.74 Å². The first kappa shape index (κ1) is 15.1. The van der Waals surface area contributed by atoms with Gasteiger partial charge in [-0.15, -0.1) is 0 Å². The van der Waals surface area contributed by atoms with E-state index in [2.05, 4.69) is 0 Å². The van der Waals surface area contributed by atoms with Crippen LogP contribution in [0, 0.1) is 0 Å². The number of carbonyl (C=O) groups excluding carboxylic acids is 1. The lowest BCUT2D eigenvalue weighted by Gasteiger charge is -2.27. The molecule has 0 aliphatic carbocycles. The van der Waals surface area contributed by atoms with Gasteiger partial charge in [-0.3, -0.25) is 4.90 Å². The Morgan fingerprint density at radius 2 is 1.75 bits per heavy atom. The van der Waals surface area contributed by atoms with Crippen molar-refractivity contribution in [1.29, 1.82) is 0 Å². The van der Waals surface area contributed by atoms with Gasteiger partial charge in [-0.05, 0) is 27.2 Å². The third-order valence-corrected chi connectivity index (χ3v) is 1.52. The minimum Gasteiger partial charge on any atom is -0.444 e. The Kier molecular flexibility index (Phi) is 5.09. The number of rotatable bonds is 3. The molecule has 3 nitrogen and oxygen atoms in total.